The van der Waals surface area contributed by atoms with Crippen LogP contribution in [0.15, 0.2) is 133 Å². The normalized spacial score (nSPS) is 14.8. The van der Waals surface area contributed by atoms with Crippen LogP contribution in [0.5, 0.6) is 0 Å². The fourth-order valence-electron chi connectivity index (χ4n) is 5.10. The van der Waals surface area contributed by atoms with Gasteiger partial charge in [0.1, 0.15) is 12.6 Å². The summed E-state index contributed by atoms with van der Waals surface area (Å²) in [5.41, 5.74) is 8.67. The van der Waals surface area contributed by atoms with Gasteiger partial charge in [-0.3, -0.25) is 0 Å². The molecule has 172 valence electrons. The van der Waals surface area contributed by atoms with Gasteiger partial charge >= 0.3 is 0 Å². The first-order chi connectivity index (χ1) is 17.8. The van der Waals surface area contributed by atoms with Crippen LogP contribution in [0.1, 0.15) is 11.6 Å². The maximum absolute atomic E-state index is 2.49. The van der Waals surface area contributed by atoms with Crippen LogP contribution in [0.4, 0.5) is 0 Å². The lowest BCUT2D eigenvalue weighted by Crippen LogP contribution is -2.49. The second-order valence-corrected chi connectivity index (χ2v) is 10.2. The molecular weight excluding hydrogens is 456 g/mol. The number of hydrogen-bond acceptors (Lipinski definition) is 2. The van der Waals surface area contributed by atoms with E-state index in [2.05, 4.69) is 142 Å². The molecule has 1 aliphatic rings. The number of pyridine rings is 1. The van der Waals surface area contributed by atoms with Crippen molar-refractivity contribution in [3.8, 4) is 33.6 Å². The van der Waals surface area contributed by atoms with Crippen molar-refractivity contribution in [3.05, 3.63) is 138 Å². The van der Waals surface area contributed by atoms with Crippen molar-refractivity contribution < 1.29 is 4.68 Å². The summed E-state index contributed by atoms with van der Waals surface area (Å²) in [6.45, 7) is 0.992. The Morgan fingerprint density at radius 3 is 1.78 bits per heavy atom. The second-order valence-electron chi connectivity index (χ2n) is 9.28. The summed E-state index contributed by atoms with van der Waals surface area (Å²) in [5.74, 6) is 0. The molecule has 6 aromatic rings. The maximum atomic E-state index is 2.49. The SMILES string of the molecule is c1ccc(-c2cc(-c3ccccc3)[n+](N3CC3c3ccc4ccsc4c3)c(-c3ccccc3)c2)cc1. The first-order valence-corrected chi connectivity index (χ1v) is 13.2. The van der Waals surface area contributed by atoms with Gasteiger partial charge in [0, 0.05) is 28.0 Å². The summed E-state index contributed by atoms with van der Waals surface area (Å²) < 4.78 is 3.80. The lowest BCUT2D eigenvalue weighted by molar-refractivity contribution is -0.655. The molecule has 3 heterocycles. The summed E-state index contributed by atoms with van der Waals surface area (Å²) in [7, 11) is 0. The highest BCUT2D eigenvalue weighted by atomic mass is 32.1. The Morgan fingerprint density at radius 1 is 0.583 bits per heavy atom. The smallest absolute Gasteiger partial charge is 0.168 e. The third-order valence-corrected chi connectivity index (χ3v) is 7.87. The van der Waals surface area contributed by atoms with Crippen LogP contribution in [-0.4, -0.2) is 6.54 Å². The van der Waals surface area contributed by atoms with Crippen LogP contribution in [-0.2, 0) is 0 Å². The van der Waals surface area contributed by atoms with E-state index < -0.39 is 0 Å². The van der Waals surface area contributed by atoms with Crippen molar-refractivity contribution >= 4 is 21.4 Å². The van der Waals surface area contributed by atoms with E-state index in [0.717, 1.165) is 6.54 Å². The first kappa shape index (κ1) is 21.1. The van der Waals surface area contributed by atoms with Gasteiger partial charge in [-0.25, -0.2) is 0 Å². The van der Waals surface area contributed by atoms with Crippen LogP contribution in [0.3, 0.4) is 0 Å². The third kappa shape index (κ3) is 3.78. The van der Waals surface area contributed by atoms with E-state index in [1.54, 1.807) is 0 Å². The standard InChI is InChI=1S/C33H25N2S/c1-4-10-24(11-5-1)29-20-30(25-12-6-2-7-13-25)35(31(21-29)26-14-8-3-9-15-26)34-23-32(34)28-17-16-27-18-19-36-33(27)22-28/h1-22,32H,23H2/q+1. The summed E-state index contributed by atoms with van der Waals surface area (Å²) in [6, 6.07) is 46.4. The minimum atomic E-state index is 0.356. The molecule has 1 fully saturated rings. The molecule has 0 aliphatic carbocycles. The van der Waals surface area contributed by atoms with Gasteiger partial charge in [0.25, 0.3) is 0 Å². The van der Waals surface area contributed by atoms with Crippen molar-refractivity contribution in [2.24, 2.45) is 0 Å². The van der Waals surface area contributed by atoms with Gasteiger partial charge in [0.2, 0.25) is 11.4 Å². The largest absolute Gasteiger partial charge is 0.243 e. The number of nitrogens with zero attached hydrogens (tertiary/aromatic N) is 2. The lowest BCUT2D eigenvalue weighted by Gasteiger charge is -2.13. The Balaban J connectivity index is 1.43. The van der Waals surface area contributed by atoms with Crippen LogP contribution >= 0.6 is 11.3 Å². The van der Waals surface area contributed by atoms with Gasteiger partial charge in [0.05, 0.1) is 0 Å². The van der Waals surface area contributed by atoms with Crippen molar-refractivity contribution in [1.82, 2.24) is 0 Å². The second kappa shape index (κ2) is 8.78. The zero-order valence-corrected chi connectivity index (χ0v) is 20.6. The van der Waals surface area contributed by atoms with E-state index in [-0.39, 0.29) is 0 Å². The van der Waals surface area contributed by atoms with Gasteiger partial charge < -0.3 is 0 Å². The molecule has 0 amide bonds. The van der Waals surface area contributed by atoms with Crippen molar-refractivity contribution in [1.29, 1.82) is 0 Å². The van der Waals surface area contributed by atoms with E-state index >= 15 is 0 Å². The molecule has 0 spiro atoms. The molecule has 1 unspecified atom stereocenters. The van der Waals surface area contributed by atoms with Crippen LogP contribution < -0.4 is 9.69 Å². The van der Waals surface area contributed by atoms with E-state index in [0.29, 0.717) is 6.04 Å². The third-order valence-electron chi connectivity index (χ3n) is 7.00. The quantitative estimate of drug-likeness (QED) is 0.179. The molecule has 1 saturated heterocycles. The Hall–Kier alpha value is -4.21. The molecule has 2 aromatic heterocycles. The summed E-state index contributed by atoms with van der Waals surface area (Å²) >= 11 is 1.82. The number of hydrogen-bond donors (Lipinski definition) is 0. The number of rotatable bonds is 5. The maximum Gasteiger partial charge on any atom is 0.243 e. The highest BCUT2D eigenvalue weighted by Gasteiger charge is 2.46. The average Bonchev–Trinajstić information content (AvgIpc) is 3.61. The molecule has 0 bridgehead atoms. The van der Waals surface area contributed by atoms with Gasteiger partial charge in [-0.05, 0) is 63.9 Å². The summed E-state index contributed by atoms with van der Waals surface area (Å²) in [6.07, 6.45) is 0. The fraction of sp³-hybridized carbons (Fsp3) is 0.0606. The lowest BCUT2D eigenvalue weighted by atomic mass is 9.99. The number of aromatic nitrogens is 1. The van der Waals surface area contributed by atoms with Crippen molar-refractivity contribution in [2.75, 3.05) is 11.6 Å². The van der Waals surface area contributed by atoms with Gasteiger partial charge in [-0.1, -0.05) is 83.5 Å². The average molecular weight is 482 g/mol. The van der Waals surface area contributed by atoms with Crippen molar-refractivity contribution in [3.63, 3.8) is 0 Å². The Bertz CT molecular complexity index is 1600. The Kier molecular flexibility index (Phi) is 5.15. The molecule has 3 heteroatoms. The van der Waals surface area contributed by atoms with Crippen LogP contribution in [0.25, 0.3) is 43.7 Å². The molecule has 1 aliphatic heterocycles. The first-order valence-electron chi connectivity index (χ1n) is 12.4. The Morgan fingerprint density at radius 2 is 1.17 bits per heavy atom. The molecule has 0 radical (unpaired) electrons. The highest BCUT2D eigenvalue weighted by molar-refractivity contribution is 7.17. The number of thiophene rings is 1. The molecule has 4 aromatic carbocycles. The minimum Gasteiger partial charge on any atom is -0.168 e. The van der Waals surface area contributed by atoms with Gasteiger partial charge in [0.15, 0.2) is 0 Å². The van der Waals surface area contributed by atoms with E-state index in [4.69, 9.17) is 0 Å². The number of benzene rings is 4. The van der Waals surface area contributed by atoms with Crippen LogP contribution in [0.2, 0.25) is 0 Å². The topological polar surface area (TPSA) is 6.89 Å². The minimum absolute atomic E-state index is 0.356. The molecule has 0 saturated carbocycles. The zero-order valence-electron chi connectivity index (χ0n) is 19.8. The predicted molar refractivity (Wildman–Crippen MR) is 151 cm³/mol. The van der Waals surface area contributed by atoms with Crippen molar-refractivity contribution in [2.45, 2.75) is 6.04 Å². The summed E-state index contributed by atoms with van der Waals surface area (Å²) in [4.78, 5) is 0. The van der Waals surface area contributed by atoms with E-state index in [1.807, 2.05) is 11.3 Å². The molecule has 2 nitrogen and oxygen atoms in total. The molecule has 0 N–H and O–H groups in total. The molecule has 7 rings (SSSR count). The van der Waals surface area contributed by atoms with Crippen LogP contribution in [0, 0.1) is 0 Å². The summed E-state index contributed by atoms with van der Waals surface area (Å²) in [5, 5.41) is 6.00. The fourth-order valence-corrected chi connectivity index (χ4v) is 5.94. The van der Waals surface area contributed by atoms with E-state index in [9.17, 15) is 0 Å². The number of fused-ring (bicyclic) bond motifs is 1. The zero-order chi connectivity index (χ0) is 23.9. The molecular formula is C33H25N2S+. The molecule has 1 atom stereocenters. The van der Waals surface area contributed by atoms with Gasteiger partial charge in [-0.15, -0.1) is 11.3 Å². The monoisotopic (exact) mass is 481 g/mol. The Labute approximate surface area is 215 Å². The predicted octanol–water partition coefficient (Wildman–Crippen LogP) is 7.88. The molecule has 36 heavy (non-hydrogen) atoms. The van der Waals surface area contributed by atoms with E-state index in [1.165, 1.54) is 49.3 Å². The van der Waals surface area contributed by atoms with Gasteiger partial charge in [-0.2, -0.15) is 5.01 Å². The highest BCUT2D eigenvalue weighted by Crippen LogP contribution is 2.37.